The third-order valence-electron chi connectivity index (χ3n) is 5.68. The van der Waals surface area contributed by atoms with Crippen LogP contribution < -0.4 is 0 Å². The van der Waals surface area contributed by atoms with Crippen LogP contribution in [0.4, 0.5) is 8.78 Å². The Morgan fingerprint density at radius 3 is 2.70 bits per heavy atom. The quantitative estimate of drug-likeness (QED) is 0.702. The van der Waals surface area contributed by atoms with E-state index >= 15 is 0 Å². The van der Waals surface area contributed by atoms with E-state index in [1.165, 1.54) is 31.4 Å². The van der Waals surface area contributed by atoms with Crippen molar-refractivity contribution in [3.63, 3.8) is 0 Å². The molecular formula is C21H26F2N2O2. The summed E-state index contributed by atoms with van der Waals surface area (Å²) in [5, 5.41) is 0. The highest BCUT2D eigenvalue weighted by molar-refractivity contribution is 5.54. The minimum absolute atomic E-state index is 0.0639. The Morgan fingerprint density at radius 1 is 1.15 bits per heavy atom. The van der Waals surface area contributed by atoms with Crippen LogP contribution in [0.1, 0.15) is 43.6 Å². The highest BCUT2D eigenvalue weighted by atomic mass is 19.2. The molecule has 0 spiro atoms. The summed E-state index contributed by atoms with van der Waals surface area (Å²) in [4.78, 5) is 6.88. The van der Waals surface area contributed by atoms with Gasteiger partial charge < -0.3 is 9.15 Å². The molecule has 1 aliphatic heterocycles. The molecule has 0 unspecified atom stereocenters. The normalized spacial score (nSPS) is 20.4. The number of oxazole rings is 1. The monoisotopic (exact) mass is 376 g/mol. The molecule has 0 N–H and O–H groups in total. The van der Waals surface area contributed by atoms with E-state index in [2.05, 4.69) is 9.88 Å². The van der Waals surface area contributed by atoms with Crippen LogP contribution in [0, 0.1) is 24.5 Å². The van der Waals surface area contributed by atoms with Crippen LogP contribution in [0.3, 0.4) is 0 Å². The van der Waals surface area contributed by atoms with Crippen LogP contribution in [0.5, 0.6) is 0 Å². The third-order valence-corrected chi connectivity index (χ3v) is 5.68. The SMILES string of the molecule is Cc1oc(-c2cccc(F)c2F)nc1CN(CC1CCC1)C[C@H]1CCCO1. The molecule has 1 aromatic heterocycles. The van der Waals surface area contributed by atoms with Gasteiger partial charge in [0.1, 0.15) is 5.76 Å². The molecule has 1 saturated carbocycles. The summed E-state index contributed by atoms with van der Waals surface area (Å²) < 4.78 is 39.1. The van der Waals surface area contributed by atoms with Crippen LogP contribution in [-0.4, -0.2) is 35.7 Å². The number of hydrogen-bond acceptors (Lipinski definition) is 4. The van der Waals surface area contributed by atoms with Crippen molar-refractivity contribution in [2.45, 2.75) is 51.7 Å². The Kier molecular flexibility index (Phi) is 5.55. The molecule has 0 radical (unpaired) electrons. The number of ether oxygens (including phenoxy) is 1. The molecule has 4 nitrogen and oxygen atoms in total. The molecular weight excluding hydrogens is 350 g/mol. The summed E-state index contributed by atoms with van der Waals surface area (Å²) in [5.74, 6) is -0.288. The number of hydrogen-bond donors (Lipinski definition) is 0. The van der Waals surface area contributed by atoms with Gasteiger partial charge in [0.05, 0.1) is 17.4 Å². The maximum absolute atomic E-state index is 14.1. The van der Waals surface area contributed by atoms with Crippen molar-refractivity contribution in [2.24, 2.45) is 5.92 Å². The predicted molar refractivity (Wildman–Crippen MR) is 98.2 cm³/mol. The van der Waals surface area contributed by atoms with Gasteiger partial charge in [0.2, 0.25) is 5.89 Å². The number of halogens is 2. The van der Waals surface area contributed by atoms with Gasteiger partial charge in [-0.1, -0.05) is 12.5 Å². The van der Waals surface area contributed by atoms with E-state index in [0.29, 0.717) is 12.3 Å². The lowest BCUT2D eigenvalue weighted by atomic mass is 9.85. The van der Waals surface area contributed by atoms with Crippen molar-refractivity contribution in [1.29, 1.82) is 0 Å². The second-order valence-corrected chi connectivity index (χ2v) is 7.75. The first kappa shape index (κ1) is 18.6. The topological polar surface area (TPSA) is 38.5 Å². The lowest BCUT2D eigenvalue weighted by Crippen LogP contribution is -2.37. The van der Waals surface area contributed by atoms with E-state index in [1.54, 1.807) is 0 Å². The molecule has 2 heterocycles. The summed E-state index contributed by atoms with van der Waals surface area (Å²) in [5.41, 5.74) is 0.847. The third kappa shape index (κ3) is 4.22. The fraction of sp³-hybridized carbons (Fsp3) is 0.571. The standard InChI is InChI=1S/C21H26F2N2O2/c1-14-19(24-21(27-14)17-8-3-9-18(22)20(17)23)13-25(11-15-5-2-6-15)12-16-7-4-10-26-16/h3,8-9,15-16H,2,4-7,10-13H2,1H3/t16-/m1/s1. The molecule has 1 aromatic carbocycles. The lowest BCUT2D eigenvalue weighted by Gasteiger charge is -2.33. The second kappa shape index (κ2) is 8.07. The number of aromatic nitrogens is 1. The highest BCUT2D eigenvalue weighted by Crippen LogP contribution is 2.30. The van der Waals surface area contributed by atoms with Crippen LogP contribution in [0.25, 0.3) is 11.5 Å². The van der Waals surface area contributed by atoms with E-state index in [4.69, 9.17) is 9.15 Å². The molecule has 0 amide bonds. The number of benzene rings is 1. The molecule has 0 bridgehead atoms. The van der Waals surface area contributed by atoms with Gasteiger partial charge in [-0.25, -0.2) is 13.8 Å². The molecule has 1 saturated heterocycles. The first-order valence-corrected chi connectivity index (χ1v) is 9.85. The zero-order chi connectivity index (χ0) is 18.8. The Balaban J connectivity index is 1.51. The smallest absolute Gasteiger partial charge is 0.229 e. The molecule has 2 fully saturated rings. The molecule has 1 aliphatic carbocycles. The summed E-state index contributed by atoms with van der Waals surface area (Å²) in [6.45, 7) is 5.22. The first-order chi connectivity index (χ1) is 13.1. The molecule has 27 heavy (non-hydrogen) atoms. The van der Waals surface area contributed by atoms with Gasteiger partial charge in [-0.2, -0.15) is 0 Å². The van der Waals surface area contributed by atoms with Crippen LogP contribution in [-0.2, 0) is 11.3 Å². The van der Waals surface area contributed by atoms with Crippen molar-refractivity contribution < 1.29 is 17.9 Å². The fourth-order valence-corrected chi connectivity index (χ4v) is 3.89. The molecule has 146 valence electrons. The predicted octanol–water partition coefficient (Wildman–Crippen LogP) is 4.71. The maximum atomic E-state index is 14.1. The zero-order valence-corrected chi connectivity index (χ0v) is 15.7. The molecule has 2 aromatic rings. The minimum atomic E-state index is -0.920. The Morgan fingerprint density at radius 2 is 2.00 bits per heavy atom. The van der Waals surface area contributed by atoms with Gasteiger partial charge in [0, 0.05) is 26.2 Å². The van der Waals surface area contributed by atoms with Crippen molar-refractivity contribution >= 4 is 0 Å². The van der Waals surface area contributed by atoms with Gasteiger partial charge >= 0.3 is 0 Å². The number of rotatable bonds is 7. The van der Waals surface area contributed by atoms with Gasteiger partial charge in [-0.3, -0.25) is 4.90 Å². The van der Waals surface area contributed by atoms with Crippen LogP contribution in [0.2, 0.25) is 0 Å². The largest absolute Gasteiger partial charge is 0.441 e. The second-order valence-electron chi connectivity index (χ2n) is 7.75. The summed E-state index contributed by atoms with van der Waals surface area (Å²) >= 11 is 0. The van der Waals surface area contributed by atoms with Crippen molar-refractivity contribution in [2.75, 3.05) is 19.7 Å². The van der Waals surface area contributed by atoms with E-state index < -0.39 is 11.6 Å². The highest BCUT2D eigenvalue weighted by Gasteiger charge is 2.26. The summed E-state index contributed by atoms with van der Waals surface area (Å²) in [7, 11) is 0. The van der Waals surface area contributed by atoms with E-state index in [9.17, 15) is 8.78 Å². The molecule has 4 rings (SSSR count). The molecule has 1 atom stereocenters. The zero-order valence-electron chi connectivity index (χ0n) is 15.7. The van der Waals surface area contributed by atoms with Crippen molar-refractivity contribution in [3.05, 3.63) is 41.3 Å². The van der Waals surface area contributed by atoms with Crippen molar-refractivity contribution in [1.82, 2.24) is 9.88 Å². The lowest BCUT2D eigenvalue weighted by molar-refractivity contribution is 0.0574. The Labute approximate surface area is 158 Å². The summed E-state index contributed by atoms with van der Waals surface area (Å²) in [6, 6.07) is 4.05. The first-order valence-electron chi connectivity index (χ1n) is 9.85. The average molecular weight is 376 g/mol. The van der Waals surface area contributed by atoms with Crippen molar-refractivity contribution in [3.8, 4) is 11.5 Å². The van der Waals surface area contributed by atoms with Crippen LogP contribution >= 0.6 is 0 Å². The maximum Gasteiger partial charge on any atom is 0.229 e. The minimum Gasteiger partial charge on any atom is -0.441 e. The van der Waals surface area contributed by atoms with Gasteiger partial charge in [-0.05, 0) is 50.7 Å². The molecule has 2 aliphatic rings. The Bertz CT molecular complexity index is 782. The number of nitrogens with zero attached hydrogens (tertiary/aromatic N) is 2. The average Bonchev–Trinajstić information content (AvgIpc) is 3.24. The van der Waals surface area contributed by atoms with E-state index in [1.807, 2.05) is 6.92 Å². The van der Waals surface area contributed by atoms with Gasteiger partial charge in [0.25, 0.3) is 0 Å². The summed E-state index contributed by atoms with van der Waals surface area (Å²) in [6.07, 6.45) is 6.35. The fourth-order valence-electron chi connectivity index (χ4n) is 3.89. The van der Waals surface area contributed by atoms with Gasteiger partial charge in [0.15, 0.2) is 11.6 Å². The number of aryl methyl sites for hydroxylation is 1. The van der Waals surface area contributed by atoms with Crippen LogP contribution in [0.15, 0.2) is 22.6 Å². The Hall–Kier alpha value is -1.79. The van der Waals surface area contributed by atoms with Gasteiger partial charge in [-0.15, -0.1) is 0 Å². The molecule has 6 heteroatoms. The van der Waals surface area contributed by atoms with E-state index in [0.717, 1.165) is 50.2 Å². The van der Waals surface area contributed by atoms with E-state index in [-0.39, 0.29) is 17.6 Å².